The number of hydrogen-bond donors (Lipinski definition) is 2. The topological polar surface area (TPSA) is 41.1 Å². The fraction of sp³-hybridized carbons (Fsp3) is 0.462. The van der Waals surface area contributed by atoms with E-state index in [9.17, 15) is 18.0 Å². The lowest BCUT2D eigenvalue weighted by molar-refractivity contribution is -0.122. The Morgan fingerprint density at radius 2 is 2.00 bits per heavy atom. The number of amides is 1. The highest BCUT2D eigenvalue weighted by molar-refractivity contribution is 5.98. The first-order chi connectivity index (χ1) is 8.94. The second kappa shape index (κ2) is 5.21. The maximum absolute atomic E-state index is 13.5. The normalized spacial score (nSPS) is 23.2. The third-order valence-corrected chi connectivity index (χ3v) is 3.40. The average Bonchev–Trinajstić information content (AvgIpc) is 2.40. The zero-order chi connectivity index (χ0) is 14.0. The van der Waals surface area contributed by atoms with E-state index in [0.717, 1.165) is 25.0 Å². The van der Waals surface area contributed by atoms with Crippen LogP contribution in [0.4, 0.5) is 18.9 Å². The van der Waals surface area contributed by atoms with Crippen LogP contribution in [0.5, 0.6) is 0 Å². The van der Waals surface area contributed by atoms with Crippen molar-refractivity contribution < 1.29 is 18.0 Å². The molecule has 19 heavy (non-hydrogen) atoms. The molecule has 2 rings (SSSR count). The van der Waals surface area contributed by atoms with Gasteiger partial charge in [-0.3, -0.25) is 4.79 Å². The number of piperidine rings is 1. The van der Waals surface area contributed by atoms with Crippen LogP contribution in [0.15, 0.2) is 12.1 Å². The lowest BCUT2D eigenvalue weighted by Gasteiger charge is -2.33. The third-order valence-electron chi connectivity index (χ3n) is 3.40. The van der Waals surface area contributed by atoms with Gasteiger partial charge >= 0.3 is 0 Å². The van der Waals surface area contributed by atoms with Gasteiger partial charge in [0, 0.05) is 0 Å². The van der Waals surface area contributed by atoms with Crippen molar-refractivity contribution in [2.75, 3.05) is 11.9 Å². The maximum atomic E-state index is 13.5. The molecule has 1 aromatic rings. The Morgan fingerprint density at radius 3 is 2.63 bits per heavy atom. The molecular formula is C13H15F3N2O. The Bertz CT molecular complexity index is 499. The van der Waals surface area contributed by atoms with Crippen LogP contribution in [-0.4, -0.2) is 18.0 Å². The summed E-state index contributed by atoms with van der Waals surface area (Å²) in [5, 5.41) is 5.36. The smallest absolute Gasteiger partial charge is 0.244 e. The molecule has 3 nitrogen and oxygen atoms in total. The number of halogens is 3. The predicted molar refractivity (Wildman–Crippen MR) is 65.2 cm³/mol. The predicted octanol–water partition coefficient (Wildman–Crippen LogP) is 2.57. The molecule has 1 heterocycles. The lowest BCUT2D eigenvalue weighted by atomic mass is 9.90. The van der Waals surface area contributed by atoms with E-state index in [0.29, 0.717) is 13.0 Å². The van der Waals surface area contributed by atoms with Crippen LogP contribution < -0.4 is 10.6 Å². The monoisotopic (exact) mass is 272 g/mol. The molecule has 0 aliphatic carbocycles. The fourth-order valence-corrected chi connectivity index (χ4v) is 2.13. The van der Waals surface area contributed by atoms with Gasteiger partial charge in [-0.15, -0.1) is 0 Å². The molecule has 2 N–H and O–H groups in total. The molecule has 0 bridgehead atoms. The van der Waals surface area contributed by atoms with Crippen LogP contribution in [0, 0.1) is 17.5 Å². The van der Waals surface area contributed by atoms with E-state index in [4.69, 9.17) is 0 Å². The van der Waals surface area contributed by atoms with Crippen LogP contribution in [0.25, 0.3) is 0 Å². The number of benzene rings is 1. The molecule has 1 atom stereocenters. The van der Waals surface area contributed by atoms with E-state index >= 15 is 0 Å². The highest BCUT2D eigenvalue weighted by Gasteiger charge is 2.34. The van der Waals surface area contributed by atoms with Crippen LogP contribution in [0.1, 0.15) is 26.2 Å². The van der Waals surface area contributed by atoms with Crippen LogP contribution >= 0.6 is 0 Å². The van der Waals surface area contributed by atoms with Gasteiger partial charge in [0.2, 0.25) is 5.91 Å². The van der Waals surface area contributed by atoms with Crippen molar-refractivity contribution >= 4 is 11.6 Å². The van der Waals surface area contributed by atoms with Crippen LogP contribution in [0.2, 0.25) is 0 Å². The molecule has 1 aliphatic heterocycles. The molecule has 1 aromatic carbocycles. The van der Waals surface area contributed by atoms with Crippen molar-refractivity contribution in [3.05, 3.63) is 29.6 Å². The summed E-state index contributed by atoms with van der Waals surface area (Å²) in [6.07, 6.45) is 2.48. The van der Waals surface area contributed by atoms with Gasteiger partial charge in [0.25, 0.3) is 0 Å². The van der Waals surface area contributed by atoms with E-state index < -0.39 is 28.9 Å². The molecule has 6 heteroatoms. The van der Waals surface area contributed by atoms with Gasteiger partial charge in [-0.2, -0.15) is 0 Å². The van der Waals surface area contributed by atoms with E-state index in [1.165, 1.54) is 0 Å². The Balaban J connectivity index is 2.17. The van der Waals surface area contributed by atoms with Crippen molar-refractivity contribution in [2.24, 2.45) is 0 Å². The summed E-state index contributed by atoms with van der Waals surface area (Å²) in [5.74, 6) is -4.69. The number of carbonyl (C=O) groups excluding carboxylic acids is 1. The van der Waals surface area contributed by atoms with Crippen LogP contribution in [-0.2, 0) is 4.79 Å². The second-order valence-electron chi connectivity index (χ2n) is 4.89. The Kier molecular flexibility index (Phi) is 3.80. The quantitative estimate of drug-likeness (QED) is 0.812. The Hall–Kier alpha value is -1.56. The van der Waals surface area contributed by atoms with Gasteiger partial charge < -0.3 is 10.6 Å². The third kappa shape index (κ3) is 2.73. The molecule has 1 unspecified atom stereocenters. The lowest BCUT2D eigenvalue weighted by Crippen LogP contribution is -2.54. The van der Waals surface area contributed by atoms with Crippen molar-refractivity contribution in [3.8, 4) is 0 Å². The summed E-state index contributed by atoms with van der Waals surface area (Å²) < 4.78 is 39.3. The SMILES string of the molecule is CC1(C(=O)Nc2ccc(F)c(F)c2F)CCCCN1. The molecule has 0 radical (unpaired) electrons. The van der Waals surface area contributed by atoms with Gasteiger partial charge in [-0.1, -0.05) is 0 Å². The van der Waals surface area contributed by atoms with E-state index in [2.05, 4.69) is 10.6 Å². The summed E-state index contributed by atoms with van der Waals surface area (Å²) in [6, 6.07) is 1.79. The molecular weight excluding hydrogens is 257 g/mol. The van der Waals surface area contributed by atoms with Gasteiger partial charge in [-0.05, 0) is 44.9 Å². The molecule has 104 valence electrons. The van der Waals surface area contributed by atoms with Crippen molar-refractivity contribution in [1.29, 1.82) is 0 Å². The van der Waals surface area contributed by atoms with Crippen molar-refractivity contribution in [3.63, 3.8) is 0 Å². The van der Waals surface area contributed by atoms with Crippen LogP contribution in [0.3, 0.4) is 0 Å². The van der Waals surface area contributed by atoms with Gasteiger partial charge in [0.1, 0.15) is 0 Å². The number of nitrogens with one attached hydrogen (secondary N) is 2. The first-order valence-electron chi connectivity index (χ1n) is 6.14. The van der Waals surface area contributed by atoms with Crippen molar-refractivity contribution in [1.82, 2.24) is 5.32 Å². The second-order valence-corrected chi connectivity index (χ2v) is 4.89. The average molecular weight is 272 g/mol. The number of rotatable bonds is 2. The molecule has 0 aromatic heterocycles. The summed E-state index contributed by atoms with van der Waals surface area (Å²) >= 11 is 0. The number of anilines is 1. The van der Waals surface area contributed by atoms with Crippen molar-refractivity contribution in [2.45, 2.75) is 31.7 Å². The zero-order valence-electron chi connectivity index (χ0n) is 10.5. The molecule has 1 saturated heterocycles. The summed E-state index contributed by atoms with van der Waals surface area (Å²) in [4.78, 5) is 12.1. The van der Waals surface area contributed by atoms with E-state index in [1.54, 1.807) is 6.92 Å². The zero-order valence-corrected chi connectivity index (χ0v) is 10.5. The molecule has 0 spiro atoms. The number of carbonyl (C=O) groups is 1. The molecule has 1 aliphatic rings. The Morgan fingerprint density at radius 1 is 1.26 bits per heavy atom. The summed E-state index contributed by atoms with van der Waals surface area (Å²) in [7, 11) is 0. The molecule has 1 fully saturated rings. The van der Waals surface area contributed by atoms with Gasteiger partial charge in [-0.25, -0.2) is 13.2 Å². The first kappa shape index (κ1) is 13.9. The summed E-state index contributed by atoms with van der Waals surface area (Å²) in [5.41, 5.74) is -1.16. The summed E-state index contributed by atoms with van der Waals surface area (Å²) in [6.45, 7) is 2.41. The fourth-order valence-electron chi connectivity index (χ4n) is 2.13. The highest BCUT2D eigenvalue weighted by atomic mass is 19.2. The largest absolute Gasteiger partial charge is 0.322 e. The standard InChI is InChI=1S/C13H15F3N2O/c1-13(6-2-3-7-17-13)12(19)18-9-5-4-8(14)10(15)11(9)16/h4-5,17H,2-3,6-7H2,1H3,(H,18,19). The van der Waals surface area contributed by atoms with E-state index in [-0.39, 0.29) is 5.69 Å². The Labute approximate surface area is 109 Å². The highest BCUT2D eigenvalue weighted by Crippen LogP contribution is 2.24. The minimum absolute atomic E-state index is 0.350. The van der Waals surface area contributed by atoms with Gasteiger partial charge in [0.05, 0.1) is 11.2 Å². The van der Waals surface area contributed by atoms with E-state index in [1.807, 2.05) is 0 Å². The molecule has 0 saturated carbocycles. The van der Waals surface area contributed by atoms with Gasteiger partial charge in [0.15, 0.2) is 17.5 Å². The minimum Gasteiger partial charge on any atom is -0.322 e. The maximum Gasteiger partial charge on any atom is 0.244 e. The minimum atomic E-state index is -1.58. The molecule has 1 amide bonds. The number of hydrogen-bond acceptors (Lipinski definition) is 2. The first-order valence-corrected chi connectivity index (χ1v) is 6.14.